The summed E-state index contributed by atoms with van der Waals surface area (Å²) >= 11 is 0. The van der Waals surface area contributed by atoms with Gasteiger partial charge in [0.1, 0.15) is 11.4 Å². The van der Waals surface area contributed by atoms with Crippen molar-refractivity contribution < 1.29 is 9.50 Å². The van der Waals surface area contributed by atoms with Gasteiger partial charge in [0, 0.05) is 24.2 Å². The molecule has 1 unspecified atom stereocenters. The molecule has 0 saturated heterocycles. The van der Waals surface area contributed by atoms with Crippen molar-refractivity contribution in [1.29, 1.82) is 0 Å². The molecule has 0 saturated carbocycles. The molecule has 0 radical (unpaired) electrons. The number of aliphatic hydroxyl groups is 1. The van der Waals surface area contributed by atoms with E-state index in [2.05, 4.69) is 9.97 Å². The Kier molecular flexibility index (Phi) is 4.52. The Morgan fingerprint density at radius 2 is 1.78 bits per heavy atom. The summed E-state index contributed by atoms with van der Waals surface area (Å²) in [6, 6.07) is 19.3. The molecule has 2 heterocycles. The molecule has 0 aliphatic heterocycles. The molecule has 1 N–H and O–H groups in total. The third-order valence-electron chi connectivity index (χ3n) is 4.59. The van der Waals surface area contributed by atoms with Crippen LogP contribution in [0.3, 0.4) is 0 Å². The maximum atomic E-state index is 13.4. The lowest BCUT2D eigenvalue weighted by Gasteiger charge is -2.30. The van der Waals surface area contributed by atoms with Crippen LogP contribution in [0.25, 0.3) is 11.3 Å². The molecule has 2 aromatic heterocycles. The molecule has 0 aliphatic rings. The van der Waals surface area contributed by atoms with Gasteiger partial charge in [-0.2, -0.15) is 0 Å². The highest BCUT2D eigenvalue weighted by atomic mass is 19.1. The molecular formula is C22H18FN3O. The number of halogens is 1. The number of hydrogen-bond donors (Lipinski definition) is 1. The fourth-order valence-corrected chi connectivity index (χ4v) is 3.19. The highest BCUT2D eigenvalue weighted by molar-refractivity contribution is 5.60. The van der Waals surface area contributed by atoms with Gasteiger partial charge < -0.3 is 9.67 Å². The van der Waals surface area contributed by atoms with Gasteiger partial charge in [-0.1, -0.05) is 36.4 Å². The van der Waals surface area contributed by atoms with Crippen LogP contribution < -0.4 is 0 Å². The lowest BCUT2D eigenvalue weighted by atomic mass is 9.85. The minimum absolute atomic E-state index is 0.254. The molecule has 27 heavy (non-hydrogen) atoms. The topological polar surface area (TPSA) is 50.9 Å². The minimum atomic E-state index is -1.35. The molecular weight excluding hydrogens is 341 g/mol. The van der Waals surface area contributed by atoms with Gasteiger partial charge in [-0.3, -0.25) is 4.98 Å². The third kappa shape index (κ3) is 3.50. The Hall–Kier alpha value is -3.31. The average Bonchev–Trinajstić information content (AvgIpc) is 3.22. The molecule has 4 aromatic rings. The van der Waals surface area contributed by atoms with Crippen LogP contribution in [0, 0.1) is 5.82 Å². The van der Waals surface area contributed by atoms with Crippen molar-refractivity contribution in [1.82, 2.24) is 14.5 Å². The second kappa shape index (κ2) is 7.13. The summed E-state index contributed by atoms with van der Waals surface area (Å²) in [6.07, 6.45) is 6.84. The first-order valence-electron chi connectivity index (χ1n) is 8.61. The van der Waals surface area contributed by atoms with E-state index in [0.29, 0.717) is 11.1 Å². The molecule has 0 bridgehead atoms. The Morgan fingerprint density at radius 1 is 0.926 bits per heavy atom. The smallest absolute Gasteiger partial charge is 0.132 e. The van der Waals surface area contributed by atoms with Gasteiger partial charge in [0.2, 0.25) is 0 Å². The largest absolute Gasteiger partial charge is 0.378 e. The van der Waals surface area contributed by atoms with E-state index in [0.717, 1.165) is 11.3 Å². The van der Waals surface area contributed by atoms with Crippen LogP contribution in [0.1, 0.15) is 11.1 Å². The lowest BCUT2D eigenvalue weighted by Crippen LogP contribution is -2.32. The normalized spacial score (nSPS) is 13.3. The average molecular weight is 359 g/mol. The number of aromatic nitrogens is 3. The maximum absolute atomic E-state index is 13.4. The van der Waals surface area contributed by atoms with Crippen molar-refractivity contribution >= 4 is 0 Å². The highest BCUT2D eigenvalue weighted by Crippen LogP contribution is 2.33. The first kappa shape index (κ1) is 17.1. The van der Waals surface area contributed by atoms with Gasteiger partial charge in [-0.05, 0) is 41.5 Å². The van der Waals surface area contributed by atoms with E-state index in [1.807, 2.05) is 42.5 Å². The number of benzene rings is 2. The second-order valence-electron chi connectivity index (χ2n) is 6.40. The Labute approximate surface area is 156 Å². The molecule has 4 nitrogen and oxygen atoms in total. The zero-order chi connectivity index (χ0) is 18.7. The van der Waals surface area contributed by atoms with Gasteiger partial charge in [-0.25, -0.2) is 9.37 Å². The van der Waals surface area contributed by atoms with Crippen molar-refractivity contribution in [3.63, 3.8) is 0 Å². The SMILES string of the molecule is OC(Cn1ccnc1)(c1ccc(F)cc1)c1cccc(-c2ccccn2)c1. The molecule has 5 heteroatoms. The van der Waals surface area contributed by atoms with E-state index in [1.54, 1.807) is 41.6 Å². The van der Waals surface area contributed by atoms with Crippen LogP contribution in [0.15, 0.2) is 91.6 Å². The van der Waals surface area contributed by atoms with Crippen LogP contribution >= 0.6 is 0 Å². The Bertz CT molecular complexity index is 1020. The summed E-state index contributed by atoms with van der Waals surface area (Å²) in [5, 5.41) is 11.7. The van der Waals surface area contributed by atoms with Crippen LogP contribution in [0.5, 0.6) is 0 Å². The molecule has 0 amide bonds. The van der Waals surface area contributed by atoms with E-state index in [1.165, 1.54) is 12.1 Å². The number of hydrogen-bond acceptors (Lipinski definition) is 3. The summed E-state index contributed by atoms with van der Waals surface area (Å²) in [5.74, 6) is -0.342. The predicted octanol–water partition coefficient (Wildman–Crippen LogP) is 4.02. The summed E-state index contributed by atoms with van der Waals surface area (Å²) < 4.78 is 15.2. The van der Waals surface area contributed by atoms with E-state index >= 15 is 0 Å². The summed E-state index contributed by atoms with van der Waals surface area (Å²) in [6.45, 7) is 0.254. The van der Waals surface area contributed by atoms with Crippen LogP contribution in [0.4, 0.5) is 4.39 Å². The van der Waals surface area contributed by atoms with Gasteiger partial charge >= 0.3 is 0 Å². The fraction of sp³-hybridized carbons (Fsp3) is 0.0909. The minimum Gasteiger partial charge on any atom is -0.378 e. The quantitative estimate of drug-likeness (QED) is 0.585. The summed E-state index contributed by atoms with van der Waals surface area (Å²) in [7, 11) is 0. The fourth-order valence-electron chi connectivity index (χ4n) is 3.19. The summed E-state index contributed by atoms with van der Waals surface area (Å²) in [4.78, 5) is 8.44. The zero-order valence-corrected chi connectivity index (χ0v) is 14.5. The predicted molar refractivity (Wildman–Crippen MR) is 101 cm³/mol. The zero-order valence-electron chi connectivity index (χ0n) is 14.5. The van der Waals surface area contributed by atoms with Gasteiger partial charge in [-0.15, -0.1) is 0 Å². The lowest BCUT2D eigenvalue weighted by molar-refractivity contribution is 0.0611. The molecule has 1 atom stereocenters. The molecule has 0 aliphatic carbocycles. The van der Waals surface area contributed by atoms with Gasteiger partial charge in [0.15, 0.2) is 0 Å². The Morgan fingerprint density at radius 3 is 2.48 bits per heavy atom. The number of pyridine rings is 1. The van der Waals surface area contributed by atoms with E-state index in [4.69, 9.17) is 0 Å². The van der Waals surface area contributed by atoms with Crippen LogP contribution in [0.2, 0.25) is 0 Å². The van der Waals surface area contributed by atoms with Crippen LogP contribution in [-0.2, 0) is 12.1 Å². The third-order valence-corrected chi connectivity index (χ3v) is 4.59. The highest BCUT2D eigenvalue weighted by Gasteiger charge is 2.32. The number of rotatable bonds is 5. The van der Waals surface area contributed by atoms with E-state index < -0.39 is 5.60 Å². The van der Waals surface area contributed by atoms with Crippen LogP contribution in [-0.4, -0.2) is 19.6 Å². The molecule has 2 aromatic carbocycles. The molecule has 0 spiro atoms. The second-order valence-corrected chi connectivity index (χ2v) is 6.40. The molecule has 0 fully saturated rings. The standard InChI is InChI=1S/C22H18FN3O/c23-20-9-7-18(8-10-20)22(27,15-26-13-12-24-16-26)19-5-3-4-17(14-19)21-6-1-2-11-25-21/h1-14,16,27H,15H2. The number of imidazole rings is 1. The Balaban J connectivity index is 1.82. The van der Waals surface area contributed by atoms with Crippen molar-refractivity contribution in [3.05, 3.63) is 109 Å². The molecule has 4 rings (SSSR count). The van der Waals surface area contributed by atoms with Crippen molar-refractivity contribution in [3.8, 4) is 11.3 Å². The van der Waals surface area contributed by atoms with Crippen molar-refractivity contribution in [2.75, 3.05) is 0 Å². The van der Waals surface area contributed by atoms with Gasteiger partial charge in [0.05, 0.1) is 18.6 Å². The van der Waals surface area contributed by atoms with Crippen molar-refractivity contribution in [2.45, 2.75) is 12.1 Å². The van der Waals surface area contributed by atoms with Gasteiger partial charge in [0.25, 0.3) is 0 Å². The maximum Gasteiger partial charge on any atom is 0.132 e. The summed E-state index contributed by atoms with van der Waals surface area (Å²) in [5.41, 5.74) is 1.68. The first-order chi connectivity index (χ1) is 13.1. The first-order valence-corrected chi connectivity index (χ1v) is 8.61. The number of nitrogens with zero attached hydrogens (tertiary/aromatic N) is 3. The van der Waals surface area contributed by atoms with E-state index in [9.17, 15) is 9.50 Å². The van der Waals surface area contributed by atoms with E-state index in [-0.39, 0.29) is 12.4 Å². The van der Waals surface area contributed by atoms with Crippen molar-refractivity contribution in [2.24, 2.45) is 0 Å². The molecule has 134 valence electrons. The monoisotopic (exact) mass is 359 g/mol.